The fourth-order valence-corrected chi connectivity index (χ4v) is 1.85. The number of hydrogen-bond donors (Lipinski definition) is 0. The molecule has 1 aromatic carbocycles. The van der Waals surface area contributed by atoms with Crippen molar-refractivity contribution in [2.45, 2.75) is 6.61 Å². The van der Waals surface area contributed by atoms with E-state index in [1.807, 2.05) is 0 Å². The van der Waals surface area contributed by atoms with E-state index in [0.717, 1.165) is 7.11 Å². The molecule has 0 unspecified atom stereocenters. The van der Waals surface area contributed by atoms with Gasteiger partial charge in [0.05, 0.1) is 23.3 Å². The molecule has 1 heterocycles. The molecule has 1 aromatic heterocycles. The number of nitro groups is 1. The average molecular weight is 323 g/mol. The van der Waals surface area contributed by atoms with Crippen LogP contribution in [0.1, 0.15) is 11.3 Å². The average Bonchev–Trinajstić information content (AvgIpc) is 2.53. The smallest absolute Gasteiger partial charge is 0.387 e. The van der Waals surface area contributed by atoms with Crippen molar-refractivity contribution in [1.82, 2.24) is 9.97 Å². The van der Waals surface area contributed by atoms with Gasteiger partial charge in [-0.05, 0) is 30.4 Å². The molecule has 9 heteroatoms. The van der Waals surface area contributed by atoms with E-state index in [4.69, 9.17) is 4.74 Å². The molecule has 7 nitrogen and oxygen atoms in total. The third-order valence-electron chi connectivity index (χ3n) is 2.77. The molecular weight excluding hydrogens is 312 g/mol. The van der Waals surface area contributed by atoms with E-state index in [9.17, 15) is 18.9 Å². The summed E-state index contributed by atoms with van der Waals surface area (Å²) < 4.78 is 33.8. The number of aromatic nitrogens is 2. The Morgan fingerprint density at radius 3 is 2.65 bits per heavy atom. The number of halogens is 2. The fourth-order valence-electron chi connectivity index (χ4n) is 1.85. The van der Waals surface area contributed by atoms with Crippen molar-refractivity contribution in [2.24, 2.45) is 0 Å². The minimum absolute atomic E-state index is 0.159. The first kappa shape index (κ1) is 16.3. The van der Waals surface area contributed by atoms with E-state index in [-0.39, 0.29) is 11.3 Å². The quantitative estimate of drug-likeness (QED) is 0.599. The molecule has 23 heavy (non-hydrogen) atoms. The van der Waals surface area contributed by atoms with Gasteiger partial charge in [-0.2, -0.15) is 8.78 Å². The van der Waals surface area contributed by atoms with E-state index in [2.05, 4.69) is 14.7 Å². The lowest BCUT2D eigenvalue weighted by molar-refractivity contribution is -0.386. The number of nitrogens with zero attached hydrogens (tertiary/aromatic N) is 3. The van der Waals surface area contributed by atoms with Crippen LogP contribution in [0.5, 0.6) is 11.5 Å². The van der Waals surface area contributed by atoms with Gasteiger partial charge < -0.3 is 9.47 Å². The lowest BCUT2D eigenvalue weighted by atomic mass is 10.1. The molecule has 0 aliphatic rings. The zero-order valence-electron chi connectivity index (χ0n) is 11.8. The zero-order chi connectivity index (χ0) is 16.8. The summed E-state index contributed by atoms with van der Waals surface area (Å²) in [5.74, 6) is -0.784. The maximum Gasteiger partial charge on any atom is 0.387 e. The topological polar surface area (TPSA) is 87.4 Å². The van der Waals surface area contributed by atoms with Crippen LogP contribution in [0, 0.1) is 10.1 Å². The number of nitro benzene ring substituents is 1. The highest BCUT2D eigenvalue weighted by Gasteiger charge is 2.25. The van der Waals surface area contributed by atoms with E-state index < -0.39 is 23.0 Å². The predicted molar refractivity (Wildman–Crippen MR) is 77.2 cm³/mol. The Balaban J connectivity index is 2.47. The van der Waals surface area contributed by atoms with Crippen molar-refractivity contribution in [3.8, 4) is 11.5 Å². The molecule has 0 spiro atoms. The molecule has 0 fully saturated rings. The van der Waals surface area contributed by atoms with Crippen LogP contribution in [-0.4, -0.2) is 28.6 Å². The van der Waals surface area contributed by atoms with Gasteiger partial charge in [0, 0.05) is 6.20 Å². The Hall–Kier alpha value is -3.10. The molecule has 120 valence electrons. The lowest BCUT2D eigenvalue weighted by Crippen LogP contribution is -2.05. The van der Waals surface area contributed by atoms with Crippen LogP contribution >= 0.6 is 0 Å². The van der Waals surface area contributed by atoms with Crippen LogP contribution in [0.15, 0.2) is 30.7 Å². The van der Waals surface area contributed by atoms with Crippen LogP contribution in [0.25, 0.3) is 12.2 Å². The molecule has 0 saturated heterocycles. The molecule has 0 aliphatic carbocycles. The lowest BCUT2D eigenvalue weighted by Gasteiger charge is -2.11. The van der Waals surface area contributed by atoms with Gasteiger partial charge in [-0.3, -0.25) is 10.1 Å². The van der Waals surface area contributed by atoms with Gasteiger partial charge in [0.1, 0.15) is 6.33 Å². The molecule has 0 amide bonds. The number of alkyl halides is 2. The first-order chi connectivity index (χ1) is 11.0. The Kier molecular flexibility index (Phi) is 5.13. The second-order valence-electron chi connectivity index (χ2n) is 4.14. The van der Waals surface area contributed by atoms with E-state index in [0.29, 0.717) is 5.69 Å². The molecule has 0 N–H and O–H groups in total. The van der Waals surface area contributed by atoms with E-state index in [1.54, 1.807) is 6.07 Å². The molecule has 2 rings (SSSR count). The largest absolute Gasteiger partial charge is 0.488 e. The zero-order valence-corrected chi connectivity index (χ0v) is 11.8. The number of benzene rings is 1. The Morgan fingerprint density at radius 2 is 2.09 bits per heavy atom. The van der Waals surface area contributed by atoms with Gasteiger partial charge >= 0.3 is 12.3 Å². The van der Waals surface area contributed by atoms with Gasteiger partial charge in [-0.25, -0.2) is 9.97 Å². The van der Waals surface area contributed by atoms with Gasteiger partial charge in [-0.1, -0.05) is 0 Å². The van der Waals surface area contributed by atoms with Crippen LogP contribution in [0.4, 0.5) is 14.5 Å². The SMILES string of the molecule is COc1c(OC(F)F)ccc(C=Cc2ccncn2)c1[N+](=O)[O-]. The molecule has 2 aromatic rings. The highest BCUT2D eigenvalue weighted by molar-refractivity contribution is 5.77. The first-order valence-corrected chi connectivity index (χ1v) is 6.27. The van der Waals surface area contributed by atoms with E-state index in [1.165, 1.54) is 36.8 Å². The molecule has 0 aliphatic heterocycles. The van der Waals surface area contributed by atoms with Crippen LogP contribution in [0.2, 0.25) is 0 Å². The van der Waals surface area contributed by atoms with Crippen LogP contribution in [0.3, 0.4) is 0 Å². The summed E-state index contributed by atoms with van der Waals surface area (Å²) in [6.45, 7) is -3.12. The summed E-state index contributed by atoms with van der Waals surface area (Å²) >= 11 is 0. The van der Waals surface area contributed by atoms with Crippen molar-refractivity contribution in [1.29, 1.82) is 0 Å². The van der Waals surface area contributed by atoms with Crippen LogP contribution in [-0.2, 0) is 0 Å². The Morgan fingerprint density at radius 1 is 1.30 bits per heavy atom. The summed E-state index contributed by atoms with van der Waals surface area (Å²) in [5, 5.41) is 11.3. The first-order valence-electron chi connectivity index (χ1n) is 6.27. The van der Waals surface area contributed by atoms with Crippen molar-refractivity contribution in [2.75, 3.05) is 7.11 Å². The number of hydrogen-bond acceptors (Lipinski definition) is 6. The molecule has 0 radical (unpaired) electrons. The number of ether oxygens (including phenoxy) is 2. The maximum atomic E-state index is 12.4. The maximum absolute atomic E-state index is 12.4. The third kappa shape index (κ3) is 3.96. The van der Waals surface area contributed by atoms with Crippen molar-refractivity contribution >= 4 is 17.8 Å². The summed E-state index contributed by atoms with van der Waals surface area (Å²) in [7, 11) is 1.14. The van der Waals surface area contributed by atoms with Gasteiger partial charge in [0.2, 0.25) is 5.75 Å². The highest BCUT2D eigenvalue weighted by Crippen LogP contribution is 2.40. The van der Waals surface area contributed by atoms with Gasteiger partial charge in [0.25, 0.3) is 0 Å². The second kappa shape index (κ2) is 7.25. The normalized spacial score (nSPS) is 11.0. The molecule has 0 bridgehead atoms. The van der Waals surface area contributed by atoms with Gasteiger partial charge in [0.15, 0.2) is 5.75 Å². The second-order valence-corrected chi connectivity index (χ2v) is 4.14. The van der Waals surface area contributed by atoms with Gasteiger partial charge in [-0.15, -0.1) is 0 Å². The fraction of sp³-hybridized carbons (Fsp3) is 0.143. The Bertz CT molecular complexity index is 723. The third-order valence-corrected chi connectivity index (χ3v) is 2.77. The standard InChI is InChI=1S/C14H11F2N3O4/c1-22-13-11(23-14(15)16)5-3-9(12(13)19(20)21)2-4-10-6-7-17-8-18-10/h2-8,14H,1H3. The Labute approximate surface area is 129 Å². The number of rotatable bonds is 6. The highest BCUT2D eigenvalue weighted by atomic mass is 19.3. The summed E-state index contributed by atoms with van der Waals surface area (Å²) in [4.78, 5) is 18.2. The summed E-state index contributed by atoms with van der Waals surface area (Å²) in [6.07, 6.45) is 5.79. The van der Waals surface area contributed by atoms with Crippen molar-refractivity contribution in [3.05, 3.63) is 52.1 Å². The molecular formula is C14H11F2N3O4. The minimum atomic E-state index is -3.12. The van der Waals surface area contributed by atoms with Crippen LogP contribution < -0.4 is 9.47 Å². The predicted octanol–water partition coefficient (Wildman–Crippen LogP) is 3.17. The van der Waals surface area contributed by atoms with Crippen molar-refractivity contribution < 1.29 is 23.2 Å². The number of methoxy groups -OCH3 is 1. The molecule has 0 saturated carbocycles. The van der Waals surface area contributed by atoms with Crippen molar-refractivity contribution in [3.63, 3.8) is 0 Å². The summed E-state index contributed by atoms with van der Waals surface area (Å²) in [5.41, 5.74) is 0.212. The minimum Gasteiger partial charge on any atom is -0.488 e. The molecule has 0 atom stereocenters. The summed E-state index contributed by atoms with van der Waals surface area (Å²) in [6, 6.07) is 4.07. The van der Waals surface area contributed by atoms with E-state index >= 15 is 0 Å². The monoisotopic (exact) mass is 323 g/mol.